The second-order valence-electron chi connectivity index (χ2n) is 7.70. The highest BCUT2D eigenvalue weighted by Gasteiger charge is 2.35. The number of carbonyl (C=O) groups excluding carboxylic acids is 2. The Hall–Kier alpha value is -3.59. The lowest BCUT2D eigenvalue weighted by Crippen LogP contribution is -2.46. The summed E-state index contributed by atoms with van der Waals surface area (Å²) in [6.45, 7) is 0.222. The topological polar surface area (TPSA) is 84.1 Å². The van der Waals surface area contributed by atoms with E-state index in [2.05, 4.69) is 11.4 Å². The zero-order chi connectivity index (χ0) is 21.0. The second kappa shape index (κ2) is 8.42. The highest BCUT2D eigenvalue weighted by molar-refractivity contribution is 6.04. The monoisotopic (exact) mass is 401 g/mol. The standard InChI is InChI=1S/C24H23N3O3/c25-17-24(12-6-7-13-24)26-22(28)16-30-23(29)20-15-27(14-18-8-2-1-3-9-18)21-11-5-4-10-19(20)21/h1-5,8-11,15H,6-7,12-14,16H2,(H,26,28). The summed E-state index contributed by atoms with van der Waals surface area (Å²) in [6.07, 6.45) is 4.86. The number of esters is 1. The van der Waals surface area contributed by atoms with Gasteiger partial charge >= 0.3 is 5.97 Å². The van der Waals surface area contributed by atoms with E-state index in [-0.39, 0.29) is 0 Å². The second-order valence-corrected chi connectivity index (χ2v) is 7.70. The average molecular weight is 401 g/mol. The maximum absolute atomic E-state index is 12.7. The number of carbonyl (C=O) groups is 2. The van der Waals surface area contributed by atoms with Crippen LogP contribution in [-0.2, 0) is 16.1 Å². The van der Waals surface area contributed by atoms with E-state index in [1.54, 1.807) is 6.20 Å². The van der Waals surface area contributed by atoms with Gasteiger partial charge in [-0.2, -0.15) is 5.26 Å². The van der Waals surface area contributed by atoms with Gasteiger partial charge in [-0.25, -0.2) is 4.79 Å². The highest BCUT2D eigenvalue weighted by Crippen LogP contribution is 2.29. The van der Waals surface area contributed by atoms with Crippen LogP contribution in [0.1, 0.15) is 41.6 Å². The molecule has 152 valence electrons. The van der Waals surface area contributed by atoms with E-state index in [0.717, 1.165) is 29.3 Å². The number of para-hydroxylation sites is 1. The molecule has 2 aromatic carbocycles. The molecule has 0 atom stereocenters. The van der Waals surface area contributed by atoms with Crippen molar-refractivity contribution >= 4 is 22.8 Å². The van der Waals surface area contributed by atoms with Crippen LogP contribution in [0.2, 0.25) is 0 Å². The van der Waals surface area contributed by atoms with Crippen molar-refractivity contribution in [1.82, 2.24) is 9.88 Å². The Bertz CT molecular complexity index is 1110. The number of nitrogens with one attached hydrogen (secondary N) is 1. The molecule has 0 bridgehead atoms. The molecule has 0 saturated heterocycles. The predicted octanol–water partition coefficient (Wildman–Crippen LogP) is 3.80. The van der Waals surface area contributed by atoms with E-state index < -0.39 is 24.0 Å². The number of ether oxygens (including phenoxy) is 1. The number of amides is 1. The first-order valence-corrected chi connectivity index (χ1v) is 10.1. The van der Waals surface area contributed by atoms with Gasteiger partial charge < -0.3 is 14.6 Å². The average Bonchev–Trinajstić information content (AvgIpc) is 3.38. The van der Waals surface area contributed by atoms with Crippen LogP contribution in [0.5, 0.6) is 0 Å². The van der Waals surface area contributed by atoms with Crippen molar-refractivity contribution in [2.45, 2.75) is 37.8 Å². The summed E-state index contributed by atoms with van der Waals surface area (Å²) in [7, 11) is 0. The zero-order valence-electron chi connectivity index (χ0n) is 16.6. The molecule has 1 heterocycles. The molecule has 0 aliphatic heterocycles. The van der Waals surface area contributed by atoms with Crippen LogP contribution in [0.15, 0.2) is 60.8 Å². The Labute approximate surface area is 175 Å². The van der Waals surface area contributed by atoms with Crippen LogP contribution in [-0.4, -0.2) is 28.6 Å². The van der Waals surface area contributed by atoms with Gasteiger partial charge in [-0.3, -0.25) is 4.79 Å². The zero-order valence-corrected chi connectivity index (χ0v) is 16.6. The van der Waals surface area contributed by atoms with Crippen LogP contribution in [0.3, 0.4) is 0 Å². The molecule has 1 aliphatic rings. The Balaban J connectivity index is 1.48. The first kappa shape index (κ1) is 19.7. The number of fused-ring (bicyclic) bond motifs is 1. The van der Waals surface area contributed by atoms with Crippen molar-refractivity contribution in [1.29, 1.82) is 5.26 Å². The lowest BCUT2D eigenvalue weighted by atomic mass is 10.00. The molecule has 0 radical (unpaired) electrons. The normalized spacial score (nSPS) is 14.9. The summed E-state index contributed by atoms with van der Waals surface area (Å²) in [6, 6.07) is 19.8. The number of nitriles is 1. The molecule has 3 aromatic rings. The van der Waals surface area contributed by atoms with Crippen LogP contribution in [0.4, 0.5) is 0 Å². The number of nitrogens with zero attached hydrogens (tertiary/aromatic N) is 2. The molecule has 6 nitrogen and oxygen atoms in total. The minimum atomic E-state index is -0.824. The fourth-order valence-electron chi connectivity index (χ4n) is 4.08. The molecule has 1 saturated carbocycles. The third-order valence-electron chi connectivity index (χ3n) is 5.59. The molecule has 1 amide bonds. The first-order valence-electron chi connectivity index (χ1n) is 10.1. The maximum atomic E-state index is 12.7. The molecule has 1 aliphatic carbocycles. The van der Waals surface area contributed by atoms with Gasteiger partial charge in [-0.05, 0) is 37.3 Å². The lowest BCUT2D eigenvalue weighted by molar-refractivity contribution is -0.125. The van der Waals surface area contributed by atoms with E-state index in [1.165, 1.54) is 0 Å². The number of benzene rings is 2. The molecule has 6 heteroatoms. The third-order valence-corrected chi connectivity index (χ3v) is 5.59. The van der Waals surface area contributed by atoms with Crippen molar-refractivity contribution in [3.05, 3.63) is 71.9 Å². The maximum Gasteiger partial charge on any atom is 0.340 e. The third kappa shape index (κ3) is 4.06. The molecule has 0 unspecified atom stereocenters. The van der Waals surface area contributed by atoms with Crippen LogP contribution in [0, 0.1) is 11.3 Å². The van der Waals surface area contributed by atoms with E-state index in [0.29, 0.717) is 24.9 Å². The fourth-order valence-corrected chi connectivity index (χ4v) is 4.08. The van der Waals surface area contributed by atoms with E-state index in [4.69, 9.17) is 4.74 Å². The van der Waals surface area contributed by atoms with Crippen LogP contribution < -0.4 is 5.32 Å². The van der Waals surface area contributed by atoms with Crippen LogP contribution in [0.25, 0.3) is 10.9 Å². The molecular formula is C24H23N3O3. The van der Waals surface area contributed by atoms with Gasteiger partial charge in [0, 0.05) is 23.6 Å². The number of rotatable bonds is 6. The van der Waals surface area contributed by atoms with Gasteiger partial charge in [-0.15, -0.1) is 0 Å². The van der Waals surface area contributed by atoms with Gasteiger partial charge in [0.05, 0.1) is 11.6 Å². The SMILES string of the molecule is N#CC1(NC(=O)COC(=O)c2cn(Cc3ccccc3)c3ccccc23)CCCC1. The van der Waals surface area contributed by atoms with E-state index in [9.17, 15) is 14.9 Å². The van der Waals surface area contributed by atoms with Crippen molar-refractivity contribution in [3.63, 3.8) is 0 Å². The summed E-state index contributed by atoms with van der Waals surface area (Å²) in [5, 5.41) is 12.9. The van der Waals surface area contributed by atoms with E-state index in [1.807, 2.05) is 59.2 Å². The number of aromatic nitrogens is 1. The minimum Gasteiger partial charge on any atom is -0.452 e. The summed E-state index contributed by atoms with van der Waals surface area (Å²) in [4.78, 5) is 25.0. The van der Waals surface area contributed by atoms with Crippen molar-refractivity contribution in [3.8, 4) is 6.07 Å². The Morgan fingerprint density at radius 1 is 1.07 bits per heavy atom. The minimum absolute atomic E-state index is 0.402. The summed E-state index contributed by atoms with van der Waals surface area (Å²) >= 11 is 0. The van der Waals surface area contributed by atoms with Crippen molar-refractivity contribution < 1.29 is 14.3 Å². The van der Waals surface area contributed by atoms with Crippen molar-refractivity contribution in [2.24, 2.45) is 0 Å². The Morgan fingerprint density at radius 2 is 1.77 bits per heavy atom. The molecule has 4 rings (SSSR count). The molecule has 30 heavy (non-hydrogen) atoms. The summed E-state index contributed by atoms with van der Waals surface area (Å²) in [5.41, 5.74) is 1.64. The number of hydrogen-bond donors (Lipinski definition) is 1. The highest BCUT2D eigenvalue weighted by atomic mass is 16.5. The van der Waals surface area contributed by atoms with Gasteiger partial charge in [0.2, 0.25) is 0 Å². The number of hydrogen-bond acceptors (Lipinski definition) is 4. The quantitative estimate of drug-likeness (QED) is 0.637. The molecular weight excluding hydrogens is 378 g/mol. The summed E-state index contributed by atoms with van der Waals surface area (Å²) in [5.74, 6) is -0.995. The Kier molecular flexibility index (Phi) is 5.53. The fraction of sp³-hybridized carbons (Fsp3) is 0.292. The predicted molar refractivity (Wildman–Crippen MR) is 113 cm³/mol. The van der Waals surface area contributed by atoms with Crippen molar-refractivity contribution in [2.75, 3.05) is 6.61 Å². The van der Waals surface area contributed by atoms with Crippen LogP contribution >= 0.6 is 0 Å². The smallest absolute Gasteiger partial charge is 0.340 e. The van der Waals surface area contributed by atoms with Gasteiger partial charge in [-0.1, -0.05) is 48.5 Å². The van der Waals surface area contributed by atoms with Gasteiger partial charge in [0.1, 0.15) is 5.54 Å². The molecule has 0 spiro atoms. The lowest BCUT2D eigenvalue weighted by Gasteiger charge is -2.21. The molecule has 1 N–H and O–H groups in total. The van der Waals surface area contributed by atoms with Gasteiger partial charge in [0.15, 0.2) is 6.61 Å². The van der Waals surface area contributed by atoms with Gasteiger partial charge in [0.25, 0.3) is 5.91 Å². The molecule has 1 aromatic heterocycles. The first-order chi connectivity index (χ1) is 14.6. The van der Waals surface area contributed by atoms with E-state index >= 15 is 0 Å². The molecule has 1 fully saturated rings. The summed E-state index contributed by atoms with van der Waals surface area (Å²) < 4.78 is 7.29. The largest absolute Gasteiger partial charge is 0.452 e. The Morgan fingerprint density at radius 3 is 2.50 bits per heavy atom.